The van der Waals surface area contributed by atoms with Crippen LogP contribution in [0.2, 0.25) is 0 Å². The third kappa shape index (κ3) is 1.61. The van der Waals surface area contributed by atoms with Crippen LogP contribution in [0.15, 0.2) is 0 Å². The molecule has 1 amide bonds. The van der Waals surface area contributed by atoms with Gasteiger partial charge in [0.15, 0.2) is 0 Å². The van der Waals surface area contributed by atoms with Gasteiger partial charge in [0.2, 0.25) is 5.91 Å². The van der Waals surface area contributed by atoms with E-state index in [-0.39, 0.29) is 5.41 Å². The largest absolute Gasteiger partial charge is 0.346 e. The Morgan fingerprint density at radius 1 is 1.58 bits per heavy atom. The Kier molecular flexibility index (Phi) is 2.73. The maximum Gasteiger partial charge on any atom is 0.229 e. The molecule has 1 fully saturated rings. The predicted molar refractivity (Wildman–Crippen MR) is 48.9 cm³/mol. The van der Waals surface area contributed by atoms with Crippen LogP contribution in [-0.4, -0.2) is 38.0 Å². The molecule has 1 saturated carbocycles. The molecule has 0 saturated heterocycles. The van der Waals surface area contributed by atoms with Crippen LogP contribution < -0.4 is 5.32 Å². The van der Waals surface area contributed by atoms with E-state index in [2.05, 4.69) is 5.32 Å². The number of nitrogens with zero attached hydrogens (tertiary/aromatic N) is 1. The Hall–Kier alpha value is -0.570. The fourth-order valence-electron chi connectivity index (χ4n) is 1.50. The summed E-state index contributed by atoms with van der Waals surface area (Å²) in [4.78, 5) is 13.5. The maximum atomic E-state index is 11.7. The van der Waals surface area contributed by atoms with Crippen LogP contribution in [0.25, 0.3) is 0 Å². The molecule has 0 radical (unpaired) electrons. The minimum Gasteiger partial charge on any atom is -0.346 e. The average Bonchev–Trinajstić information content (AvgIpc) is 2.84. The number of rotatable bonds is 4. The summed E-state index contributed by atoms with van der Waals surface area (Å²) in [5.41, 5.74) is -0.0422. The van der Waals surface area contributed by atoms with Crippen molar-refractivity contribution in [2.45, 2.75) is 19.8 Å². The minimum atomic E-state index is -0.0422. The van der Waals surface area contributed by atoms with Crippen molar-refractivity contribution in [3.05, 3.63) is 0 Å². The highest BCUT2D eigenvalue weighted by Gasteiger charge is 2.50. The van der Waals surface area contributed by atoms with Crippen molar-refractivity contribution in [1.29, 1.82) is 0 Å². The highest BCUT2D eigenvalue weighted by Crippen LogP contribution is 2.46. The molecule has 3 heteroatoms. The third-order valence-corrected chi connectivity index (χ3v) is 2.64. The Morgan fingerprint density at radius 3 is 2.50 bits per heavy atom. The maximum absolute atomic E-state index is 11.7. The standard InChI is InChI=1S/C9H18N2O/c1-4-11(3)8(12)9(5-6-9)7-10-2/h10H,4-7H2,1-3H3. The van der Waals surface area contributed by atoms with Gasteiger partial charge < -0.3 is 10.2 Å². The SMILES string of the molecule is CCN(C)C(=O)C1(CNC)CC1. The quantitative estimate of drug-likeness (QED) is 0.665. The summed E-state index contributed by atoms with van der Waals surface area (Å²) in [6.45, 7) is 3.65. The normalized spacial score (nSPS) is 18.9. The van der Waals surface area contributed by atoms with Crippen LogP contribution in [0.4, 0.5) is 0 Å². The monoisotopic (exact) mass is 170 g/mol. The molecule has 3 nitrogen and oxygen atoms in total. The number of carbonyl (C=O) groups is 1. The summed E-state index contributed by atoms with van der Waals surface area (Å²) in [7, 11) is 3.78. The van der Waals surface area contributed by atoms with Gasteiger partial charge in [0.25, 0.3) is 0 Å². The summed E-state index contributed by atoms with van der Waals surface area (Å²) < 4.78 is 0. The van der Waals surface area contributed by atoms with E-state index in [1.54, 1.807) is 0 Å². The van der Waals surface area contributed by atoms with E-state index >= 15 is 0 Å². The molecule has 0 bridgehead atoms. The second-order valence-electron chi connectivity index (χ2n) is 3.63. The fraction of sp³-hybridized carbons (Fsp3) is 0.889. The molecule has 12 heavy (non-hydrogen) atoms. The zero-order chi connectivity index (χ0) is 9.19. The number of nitrogens with one attached hydrogen (secondary N) is 1. The van der Waals surface area contributed by atoms with Crippen LogP contribution in [0.5, 0.6) is 0 Å². The van der Waals surface area contributed by atoms with Gasteiger partial charge in [-0.15, -0.1) is 0 Å². The first-order valence-corrected chi connectivity index (χ1v) is 4.56. The summed E-state index contributed by atoms with van der Waals surface area (Å²) in [5.74, 6) is 0.305. The van der Waals surface area contributed by atoms with Gasteiger partial charge in [0.1, 0.15) is 0 Å². The number of amides is 1. The molecule has 0 aromatic carbocycles. The average molecular weight is 170 g/mol. The number of hydrogen-bond acceptors (Lipinski definition) is 2. The molecule has 0 unspecified atom stereocenters. The zero-order valence-corrected chi connectivity index (χ0v) is 8.18. The third-order valence-electron chi connectivity index (χ3n) is 2.64. The molecule has 0 atom stereocenters. The Labute approximate surface area is 74.1 Å². The van der Waals surface area contributed by atoms with Crippen LogP contribution >= 0.6 is 0 Å². The number of carbonyl (C=O) groups excluding carboxylic acids is 1. The van der Waals surface area contributed by atoms with Crippen molar-refractivity contribution in [2.24, 2.45) is 5.41 Å². The van der Waals surface area contributed by atoms with Crippen molar-refractivity contribution in [3.63, 3.8) is 0 Å². The lowest BCUT2D eigenvalue weighted by Gasteiger charge is -2.21. The molecule has 1 rings (SSSR count). The molecule has 0 aromatic rings. The van der Waals surface area contributed by atoms with E-state index < -0.39 is 0 Å². The van der Waals surface area contributed by atoms with E-state index in [4.69, 9.17) is 0 Å². The fourth-order valence-corrected chi connectivity index (χ4v) is 1.50. The van der Waals surface area contributed by atoms with E-state index in [0.29, 0.717) is 5.91 Å². The van der Waals surface area contributed by atoms with Crippen molar-refractivity contribution < 1.29 is 4.79 Å². The van der Waals surface area contributed by atoms with Crippen molar-refractivity contribution in [2.75, 3.05) is 27.2 Å². The predicted octanol–water partition coefficient (Wildman–Crippen LogP) is 0.464. The Bertz CT molecular complexity index is 175. The summed E-state index contributed by atoms with van der Waals surface area (Å²) in [5, 5.41) is 3.08. The van der Waals surface area contributed by atoms with Crippen LogP contribution in [0, 0.1) is 5.41 Å². The van der Waals surface area contributed by atoms with Crippen molar-refractivity contribution in [3.8, 4) is 0 Å². The Balaban J connectivity index is 2.51. The lowest BCUT2D eigenvalue weighted by Crippen LogP contribution is -2.38. The molecule has 1 aliphatic rings. The molecule has 0 aliphatic heterocycles. The highest BCUT2D eigenvalue weighted by molar-refractivity contribution is 5.85. The Morgan fingerprint density at radius 2 is 2.17 bits per heavy atom. The first-order valence-electron chi connectivity index (χ1n) is 4.56. The molecule has 0 heterocycles. The summed E-state index contributed by atoms with van der Waals surface area (Å²) in [6.07, 6.45) is 2.11. The van der Waals surface area contributed by atoms with Gasteiger partial charge in [-0.05, 0) is 26.8 Å². The van der Waals surface area contributed by atoms with E-state index in [1.165, 1.54) is 0 Å². The summed E-state index contributed by atoms with van der Waals surface area (Å²) in [6, 6.07) is 0. The molecule has 1 aliphatic carbocycles. The summed E-state index contributed by atoms with van der Waals surface area (Å²) >= 11 is 0. The topological polar surface area (TPSA) is 32.3 Å². The van der Waals surface area contributed by atoms with Gasteiger partial charge in [-0.25, -0.2) is 0 Å². The molecule has 0 spiro atoms. The first kappa shape index (κ1) is 9.52. The second kappa shape index (κ2) is 3.44. The molecule has 70 valence electrons. The van der Waals surface area contributed by atoms with Crippen LogP contribution in [0.1, 0.15) is 19.8 Å². The smallest absolute Gasteiger partial charge is 0.229 e. The van der Waals surface area contributed by atoms with Gasteiger partial charge in [-0.3, -0.25) is 4.79 Å². The lowest BCUT2D eigenvalue weighted by atomic mass is 10.1. The first-order chi connectivity index (χ1) is 5.66. The highest BCUT2D eigenvalue weighted by atomic mass is 16.2. The molecular weight excluding hydrogens is 152 g/mol. The number of hydrogen-bond donors (Lipinski definition) is 1. The molecule has 1 N–H and O–H groups in total. The van der Waals surface area contributed by atoms with E-state index in [0.717, 1.165) is 25.9 Å². The molecule has 0 aromatic heterocycles. The van der Waals surface area contributed by atoms with E-state index in [1.807, 2.05) is 25.9 Å². The van der Waals surface area contributed by atoms with Gasteiger partial charge in [-0.1, -0.05) is 0 Å². The van der Waals surface area contributed by atoms with Crippen LogP contribution in [-0.2, 0) is 4.79 Å². The lowest BCUT2D eigenvalue weighted by molar-refractivity contribution is -0.135. The van der Waals surface area contributed by atoms with Gasteiger partial charge in [0.05, 0.1) is 5.41 Å². The van der Waals surface area contributed by atoms with Gasteiger partial charge in [0, 0.05) is 20.1 Å². The van der Waals surface area contributed by atoms with Crippen molar-refractivity contribution >= 4 is 5.91 Å². The molecular formula is C9H18N2O. The van der Waals surface area contributed by atoms with Gasteiger partial charge in [-0.2, -0.15) is 0 Å². The zero-order valence-electron chi connectivity index (χ0n) is 8.18. The van der Waals surface area contributed by atoms with Crippen LogP contribution in [0.3, 0.4) is 0 Å². The second-order valence-corrected chi connectivity index (χ2v) is 3.63. The van der Waals surface area contributed by atoms with E-state index in [9.17, 15) is 4.79 Å². The van der Waals surface area contributed by atoms with Gasteiger partial charge >= 0.3 is 0 Å². The minimum absolute atomic E-state index is 0.0422. The van der Waals surface area contributed by atoms with Crippen molar-refractivity contribution in [1.82, 2.24) is 10.2 Å².